The van der Waals surface area contributed by atoms with Crippen LogP contribution in [0.5, 0.6) is 0 Å². The fraction of sp³-hybridized carbons (Fsp3) is 0.429. The summed E-state index contributed by atoms with van der Waals surface area (Å²) in [6.07, 6.45) is 1.35. The van der Waals surface area contributed by atoms with Crippen molar-refractivity contribution in [1.82, 2.24) is 0 Å². The summed E-state index contributed by atoms with van der Waals surface area (Å²) in [6.45, 7) is 4.53. The van der Waals surface area contributed by atoms with Gasteiger partial charge in [-0.3, -0.25) is 4.79 Å². The van der Waals surface area contributed by atoms with Crippen molar-refractivity contribution < 1.29 is 9.53 Å². The quantitative estimate of drug-likeness (QED) is 0.785. The standard InChI is InChI=1S/C14H18N2O2/c1-11(2)18-9-3-4-14(17)16-13-7-5-12(10-15)6-8-13/h5-8,11H,3-4,9H2,1-2H3,(H,16,17). The largest absolute Gasteiger partial charge is 0.379 e. The van der Waals surface area contributed by atoms with Crippen LogP contribution in [0, 0.1) is 11.3 Å². The summed E-state index contributed by atoms with van der Waals surface area (Å²) in [5.41, 5.74) is 1.29. The highest BCUT2D eigenvalue weighted by Crippen LogP contribution is 2.09. The maximum absolute atomic E-state index is 11.6. The second kappa shape index (κ2) is 7.46. The van der Waals surface area contributed by atoms with Crippen LogP contribution in [0.4, 0.5) is 5.69 Å². The van der Waals surface area contributed by atoms with Crippen LogP contribution in [-0.4, -0.2) is 18.6 Å². The van der Waals surface area contributed by atoms with Crippen LogP contribution < -0.4 is 5.32 Å². The lowest BCUT2D eigenvalue weighted by atomic mass is 10.2. The highest BCUT2D eigenvalue weighted by Gasteiger charge is 2.03. The third kappa shape index (κ3) is 5.46. The predicted molar refractivity (Wildman–Crippen MR) is 70.1 cm³/mol. The number of nitrogens with one attached hydrogen (secondary N) is 1. The van der Waals surface area contributed by atoms with E-state index in [1.807, 2.05) is 19.9 Å². The maximum Gasteiger partial charge on any atom is 0.224 e. The van der Waals surface area contributed by atoms with E-state index in [4.69, 9.17) is 10.00 Å². The van der Waals surface area contributed by atoms with Crippen molar-refractivity contribution in [3.8, 4) is 6.07 Å². The molecule has 1 N–H and O–H groups in total. The monoisotopic (exact) mass is 246 g/mol. The molecule has 96 valence electrons. The Bertz CT molecular complexity index is 418. The van der Waals surface area contributed by atoms with Crippen LogP contribution in [0.25, 0.3) is 0 Å². The Labute approximate surface area is 108 Å². The highest BCUT2D eigenvalue weighted by molar-refractivity contribution is 5.90. The number of hydrogen-bond donors (Lipinski definition) is 1. The number of anilines is 1. The maximum atomic E-state index is 11.6. The van der Waals surface area contributed by atoms with Gasteiger partial charge < -0.3 is 10.1 Å². The molecule has 0 aliphatic rings. The van der Waals surface area contributed by atoms with E-state index >= 15 is 0 Å². The summed E-state index contributed by atoms with van der Waals surface area (Å²) in [5, 5.41) is 11.4. The van der Waals surface area contributed by atoms with Crippen molar-refractivity contribution in [1.29, 1.82) is 5.26 Å². The van der Waals surface area contributed by atoms with E-state index in [1.165, 1.54) is 0 Å². The number of nitriles is 1. The van der Waals surface area contributed by atoms with E-state index in [2.05, 4.69) is 5.32 Å². The Balaban J connectivity index is 2.29. The van der Waals surface area contributed by atoms with Gasteiger partial charge in [0.1, 0.15) is 0 Å². The van der Waals surface area contributed by atoms with E-state index in [1.54, 1.807) is 24.3 Å². The third-order valence-electron chi connectivity index (χ3n) is 2.30. The lowest BCUT2D eigenvalue weighted by molar-refractivity contribution is -0.116. The van der Waals surface area contributed by atoms with E-state index in [9.17, 15) is 4.79 Å². The second-order valence-corrected chi connectivity index (χ2v) is 4.26. The summed E-state index contributed by atoms with van der Waals surface area (Å²) in [5.74, 6) is -0.0351. The topological polar surface area (TPSA) is 62.1 Å². The third-order valence-corrected chi connectivity index (χ3v) is 2.30. The Morgan fingerprint density at radius 1 is 1.39 bits per heavy atom. The summed E-state index contributed by atoms with van der Waals surface area (Å²) < 4.78 is 5.36. The van der Waals surface area contributed by atoms with Crippen LogP contribution >= 0.6 is 0 Å². The second-order valence-electron chi connectivity index (χ2n) is 4.26. The molecule has 18 heavy (non-hydrogen) atoms. The van der Waals surface area contributed by atoms with Gasteiger partial charge in [-0.25, -0.2) is 0 Å². The molecule has 0 aliphatic heterocycles. The molecule has 0 spiro atoms. The van der Waals surface area contributed by atoms with Gasteiger partial charge in [-0.1, -0.05) is 0 Å². The minimum absolute atomic E-state index is 0.0351. The van der Waals surface area contributed by atoms with Gasteiger partial charge in [0.15, 0.2) is 0 Å². The number of hydrogen-bond acceptors (Lipinski definition) is 3. The molecule has 0 aromatic heterocycles. The van der Waals surface area contributed by atoms with Crippen molar-refractivity contribution >= 4 is 11.6 Å². The molecular weight excluding hydrogens is 228 g/mol. The van der Waals surface area contributed by atoms with Crippen molar-refractivity contribution in [2.24, 2.45) is 0 Å². The number of carbonyl (C=O) groups excluding carboxylic acids is 1. The number of carbonyl (C=O) groups is 1. The van der Waals surface area contributed by atoms with Gasteiger partial charge in [0, 0.05) is 18.7 Å². The molecule has 0 unspecified atom stereocenters. The van der Waals surface area contributed by atoms with Gasteiger partial charge in [-0.15, -0.1) is 0 Å². The van der Waals surface area contributed by atoms with Crippen LogP contribution in [0.2, 0.25) is 0 Å². The Kier molecular flexibility index (Phi) is 5.89. The van der Waals surface area contributed by atoms with Crippen LogP contribution in [0.3, 0.4) is 0 Å². The Hall–Kier alpha value is -1.86. The zero-order valence-corrected chi connectivity index (χ0v) is 10.8. The molecule has 0 heterocycles. The molecule has 0 atom stereocenters. The molecule has 1 aromatic carbocycles. The predicted octanol–water partition coefficient (Wildman–Crippen LogP) is 2.70. The minimum atomic E-state index is -0.0351. The van der Waals surface area contributed by atoms with Crippen LogP contribution in [0.15, 0.2) is 24.3 Å². The molecule has 0 fully saturated rings. The lowest BCUT2D eigenvalue weighted by Gasteiger charge is -2.07. The van der Waals surface area contributed by atoms with Crippen molar-refractivity contribution in [2.75, 3.05) is 11.9 Å². The first kappa shape index (κ1) is 14.2. The van der Waals surface area contributed by atoms with Crippen molar-refractivity contribution in [2.45, 2.75) is 32.8 Å². The first-order valence-corrected chi connectivity index (χ1v) is 6.03. The van der Waals surface area contributed by atoms with E-state index < -0.39 is 0 Å². The number of amides is 1. The molecule has 4 heteroatoms. The Morgan fingerprint density at radius 3 is 2.61 bits per heavy atom. The molecule has 4 nitrogen and oxygen atoms in total. The van der Waals surface area contributed by atoms with Crippen molar-refractivity contribution in [3.63, 3.8) is 0 Å². The van der Waals surface area contributed by atoms with Gasteiger partial charge >= 0.3 is 0 Å². The molecule has 1 aromatic rings. The highest BCUT2D eigenvalue weighted by atomic mass is 16.5. The lowest BCUT2D eigenvalue weighted by Crippen LogP contribution is -2.13. The summed E-state index contributed by atoms with van der Waals surface area (Å²) in [7, 11) is 0. The molecule has 1 rings (SSSR count). The normalized spacial score (nSPS) is 10.1. The number of nitrogens with zero attached hydrogens (tertiary/aromatic N) is 1. The fourth-order valence-electron chi connectivity index (χ4n) is 1.40. The Morgan fingerprint density at radius 2 is 2.06 bits per heavy atom. The number of rotatable bonds is 6. The zero-order chi connectivity index (χ0) is 13.4. The zero-order valence-electron chi connectivity index (χ0n) is 10.8. The van der Waals surface area contributed by atoms with Crippen LogP contribution in [-0.2, 0) is 9.53 Å². The SMILES string of the molecule is CC(C)OCCCC(=O)Nc1ccc(C#N)cc1. The van der Waals surface area contributed by atoms with Gasteiger partial charge in [-0.05, 0) is 44.5 Å². The van der Waals surface area contributed by atoms with Gasteiger partial charge in [-0.2, -0.15) is 5.26 Å². The molecular formula is C14H18N2O2. The molecule has 0 aliphatic carbocycles. The van der Waals surface area contributed by atoms with Gasteiger partial charge in [0.25, 0.3) is 0 Å². The van der Waals surface area contributed by atoms with Crippen LogP contribution in [0.1, 0.15) is 32.3 Å². The van der Waals surface area contributed by atoms with Gasteiger partial charge in [0.05, 0.1) is 17.7 Å². The first-order chi connectivity index (χ1) is 8.61. The minimum Gasteiger partial charge on any atom is -0.379 e. The summed E-state index contributed by atoms with van der Waals surface area (Å²) in [4.78, 5) is 11.6. The molecule has 1 amide bonds. The number of ether oxygens (including phenoxy) is 1. The molecule has 0 bridgehead atoms. The molecule has 0 saturated heterocycles. The van der Waals surface area contributed by atoms with E-state index in [-0.39, 0.29) is 12.0 Å². The summed E-state index contributed by atoms with van der Waals surface area (Å²) in [6, 6.07) is 8.83. The summed E-state index contributed by atoms with van der Waals surface area (Å²) >= 11 is 0. The average Bonchev–Trinajstić information content (AvgIpc) is 2.35. The van der Waals surface area contributed by atoms with Gasteiger partial charge in [0.2, 0.25) is 5.91 Å². The number of benzene rings is 1. The molecule has 0 radical (unpaired) electrons. The average molecular weight is 246 g/mol. The molecule has 0 saturated carbocycles. The van der Waals surface area contributed by atoms with Crippen molar-refractivity contribution in [3.05, 3.63) is 29.8 Å². The first-order valence-electron chi connectivity index (χ1n) is 6.03. The van der Waals surface area contributed by atoms with E-state index in [0.717, 1.165) is 0 Å². The smallest absolute Gasteiger partial charge is 0.224 e. The fourth-order valence-corrected chi connectivity index (χ4v) is 1.40. The van der Waals surface area contributed by atoms with E-state index in [0.29, 0.717) is 30.7 Å².